The molecule has 1 saturated carbocycles. The largest absolute Gasteiger partial charge is 0.308 e. The second-order valence-electron chi connectivity index (χ2n) is 5.83. The van der Waals surface area contributed by atoms with Crippen molar-refractivity contribution in [3.63, 3.8) is 0 Å². The molecular weight excluding hydrogens is 196 g/mol. The van der Waals surface area contributed by atoms with Crippen molar-refractivity contribution in [2.75, 3.05) is 13.1 Å². The first-order chi connectivity index (χ1) is 7.69. The van der Waals surface area contributed by atoms with Crippen molar-refractivity contribution < 1.29 is 0 Å². The van der Waals surface area contributed by atoms with Gasteiger partial charge in [-0.25, -0.2) is 0 Å². The average Bonchev–Trinajstić information content (AvgIpc) is 2.24. The predicted octanol–water partition coefficient (Wildman–Crippen LogP) is 2.78. The molecule has 0 spiro atoms. The third-order valence-electron chi connectivity index (χ3n) is 4.92. The molecule has 0 bridgehead atoms. The molecule has 1 heterocycles. The fourth-order valence-corrected chi connectivity index (χ4v) is 3.46. The summed E-state index contributed by atoms with van der Waals surface area (Å²) in [6.07, 6.45) is 8.26. The van der Waals surface area contributed by atoms with Crippen molar-refractivity contribution in [1.29, 1.82) is 0 Å². The van der Waals surface area contributed by atoms with Crippen molar-refractivity contribution in [1.82, 2.24) is 10.2 Å². The molecule has 1 N–H and O–H groups in total. The maximum atomic E-state index is 3.97. The van der Waals surface area contributed by atoms with E-state index < -0.39 is 0 Å². The van der Waals surface area contributed by atoms with E-state index in [1.54, 1.807) is 0 Å². The van der Waals surface area contributed by atoms with Crippen LogP contribution in [0, 0.1) is 0 Å². The van der Waals surface area contributed by atoms with Gasteiger partial charge in [-0.1, -0.05) is 13.8 Å². The van der Waals surface area contributed by atoms with Crippen LogP contribution in [0.2, 0.25) is 0 Å². The van der Waals surface area contributed by atoms with Crippen LogP contribution in [0.5, 0.6) is 0 Å². The number of hydrogen-bond acceptors (Lipinski definition) is 2. The lowest BCUT2D eigenvalue weighted by Crippen LogP contribution is -2.58. The summed E-state index contributed by atoms with van der Waals surface area (Å²) < 4.78 is 0. The highest BCUT2D eigenvalue weighted by Crippen LogP contribution is 2.36. The topological polar surface area (TPSA) is 15.3 Å². The van der Waals surface area contributed by atoms with E-state index in [0.717, 1.165) is 12.1 Å². The van der Waals surface area contributed by atoms with Crippen molar-refractivity contribution in [2.45, 2.75) is 76.9 Å². The van der Waals surface area contributed by atoms with Crippen LogP contribution in [0.3, 0.4) is 0 Å². The molecule has 2 heteroatoms. The van der Waals surface area contributed by atoms with E-state index in [9.17, 15) is 0 Å². The number of rotatable bonds is 4. The fraction of sp³-hybridized carbons (Fsp3) is 1.00. The minimum Gasteiger partial charge on any atom is -0.308 e. The van der Waals surface area contributed by atoms with Crippen LogP contribution in [0.4, 0.5) is 0 Å². The minimum absolute atomic E-state index is 0.527. The van der Waals surface area contributed by atoms with Crippen LogP contribution in [-0.4, -0.2) is 35.6 Å². The third-order valence-corrected chi connectivity index (χ3v) is 4.92. The van der Waals surface area contributed by atoms with Crippen LogP contribution in [-0.2, 0) is 0 Å². The highest BCUT2D eigenvalue weighted by Gasteiger charge is 2.37. The Labute approximate surface area is 101 Å². The number of nitrogens with one attached hydrogen (secondary N) is 1. The summed E-state index contributed by atoms with van der Waals surface area (Å²) in [7, 11) is 0. The maximum Gasteiger partial charge on any atom is 0.0181 e. The first-order valence-electron chi connectivity index (χ1n) is 7.21. The van der Waals surface area contributed by atoms with Gasteiger partial charge in [0.05, 0.1) is 0 Å². The summed E-state index contributed by atoms with van der Waals surface area (Å²) in [5, 5.41) is 3.97. The van der Waals surface area contributed by atoms with Gasteiger partial charge in [0.2, 0.25) is 0 Å². The zero-order chi connectivity index (χ0) is 11.6. The highest BCUT2D eigenvalue weighted by atomic mass is 15.2. The zero-order valence-electron chi connectivity index (χ0n) is 11.3. The van der Waals surface area contributed by atoms with Crippen LogP contribution in [0.25, 0.3) is 0 Å². The smallest absolute Gasteiger partial charge is 0.0181 e. The van der Waals surface area contributed by atoms with Crippen LogP contribution in [0.15, 0.2) is 0 Å². The van der Waals surface area contributed by atoms with Crippen LogP contribution >= 0.6 is 0 Å². The molecule has 0 aromatic rings. The first-order valence-corrected chi connectivity index (χ1v) is 7.21. The SMILES string of the molecule is CCN1CCC(NC2(CC)CCC2)CC1C. The van der Waals surface area contributed by atoms with Gasteiger partial charge >= 0.3 is 0 Å². The maximum absolute atomic E-state index is 3.97. The lowest BCUT2D eigenvalue weighted by molar-refractivity contribution is 0.0941. The molecule has 2 unspecified atom stereocenters. The molecule has 2 rings (SSSR count). The quantitative estimate of drug-likeness (QED) is 0.790. The molecule has 0 radical (unpaired) electrons. The highest BCUT2D eigenvalue weighted by molar-refractivity contribution is 4.98. The molecule has 16 heavy (non-hydrogen) atoms. The third kappa shape index (κ3) is 2.43. The van der Waals surface area contributed by atoms with Gasteiger partial charge in [-0.2, -0.15) is 0 Å². The van der Waals surface area contributed by atoms with Crippen molar-refractivity contribution in [3.8, 4) is 0 Å². The molecule has 0 aromatic carbocycles. The fourth-order valence-electron chi connectivity index (χ4n) is 3.46. The van der Waals surface area contributed by atoms with E-state index in [2.05, 4.69) is 31.0 Å². The Morgan fingerprint density at radius 3 is 2.50 bits per heavy atom. The molecule has 0 aromatic heterocycles. The molecule has 1 saturated heterocycles. The van der Waals surface area contributed by atoms with Crippen LogP contribution < -0.4 is 5.32 Å². The molecule has 2 atom stereocenters. The summed E-state index contributed by atoms with van der Waals surface area (Å²) in [5.41, 5.74) is 0.527. The Hall–Kier alpha value is -0.0800. The standard InChI is InChI=1S/C14H28N2/c1-4-14(8-6-9-14)15-13-7-10-16(5-2)12(3)11-13/h12-13,15H,4-11H2,1-3H3. The molecule has 2 nitrogen and oxygen atoms in total. The van der Waals surface area contributed by atoms with Gasteiger partial charge in [0.1, 0.15) is 0 Å². The van der Waals surface area contributed by atoms with Gasteiger partial charge < -0.3 is 10.2 Å². The molecule has 1 aliphatic carbocycles. The lowest BCUT2D eigenvalue weighted by Gasteiger charge is -2.47. The Bertz CT molecular complexity index is 217. The number of nitrogens with zero attached hydrogens (tertiary/aromatic N) is 1. The number of hydrogen-bond donors (Lipinski definition) is 1. The van der Waals surface area contributed by atoms with E-state index in [4.69, 9.17) is 0 Å². The van der Waals surface area contributed by atoms with Gasteiger partial charge in [-0.15, -0.1) is 0 Å². The first kappa shape index (κ1) is 12.4. The molecule has 94 valence electrons. The van der Waals surface area contributed by atoms with E-state index in [-0.39, 0.29) is 0 Å². The van der Waals surface area contributed by atoms with E-state index in [1.807, 2.05) is 0 Å². The summed E-state index contributed by atoms with van der Waals surface area (Å²) in [4.78, 5) is 2.61. The van der Waals surface area contributed by atoms with Crippen molar-refractivity contribution in [3.05, 3.63) is 0 Å². The minimum atomic E-state index is 0.527. The van der Waals surface area contributed by atoms with Crippen LogP contribution in [0.1, 0.15) is 59.3 Å². The summed E-state index contributed by atoms with van der Waals surface area (Å²) in [6.45, 7) is 9.51. The molecule has 0 amide bonds. The van der Waals surface area contributed by atoms with E-state index >= 15 is 0 Å². The molecule has 2 fully saturated rings. The van der Waals surface area contributed by atoms with Gasteiger partial charge in [0, 0.05) is 17.6 Å². The predicted molar refractivity (Wildman–Crippen MR) is 69.7 cm³/mol. The Morgan fingerprint density at radius 2 is 2.06 bits per heavy atom. The Morgan fingerprint density at radius 1 is 1.31 bits per heavy atom. The van der Waals surface area contributed by atoms with Crippen molar-refractivity contribution >= 4 is 0 Å². The van der Waals surface area contributed by atoms with Gasteiger partial charge in [0.25, 0.3) is 0 Å². The van der Waals surface area contributed by atoms with Gasteiger partial charge in [0.15, 0.2) is 0 Å². The van der Waals surface area contributed by atoms with Gasteiger partial charge in [-0.3, -0.25) is 0 Å². The summed E-state index contributed by atoms with van der Waals surface area (Å²) in [6, 6.07) is 1.54. The van der Waals surface area contributed by atoms with Crippen molar-refractivity contribution in [2.24, 2.45) is 0 Å². The van der Waals surface area contributed by atoms with E-state index in [0.29, 0.717) is 5.54 Å². The summed E-state index contributed by atoms with van der Waals surface area (Å²) in [5.74, 6) is 0. The normalized spacial score (nSPS) is 34.7. The number of piperidine rings is 1. The van der Waals surface area contributed by atoms with Gasteiger partial charge in [-0.05, 0) is 58.5 Å². The zero-order valence-corrected chi connectivity index (χ0v) is 11.3. The lowest BCUT2D eigenvalue weighted by atomic mass is 9.74. The number of likely N-dealkylation sites (tertiary alicyclic amines) is 1. The second kappa shape index (κ2) is 5.05. The molecular formula is C14H28N2. The Balaban J connectivity index is 1.83. The van der Waals surface area contributed by atoms with E-state index in [1.165, 1.54) is 51.6 Å². The summed E-state index contributed by atoms with van der Waals surface area (Å²) >= 11 is 0. The molecule has 2 aliphatic rings. The average molecular weight is 224 g/mol. The molecule has 1 aliphatic heterocycles. The monoisotopic (exact) mass is 224 g/mol. The second-order valence-corrected chi connectivity index (χ2v) is 5.83. The Kier molecular flexibility index (Phi) is 3.91.